The molecule has 1 heterocycles. The van der Waals surface area contributed by atoms with Crippen LogP contribution in [0.5, 0.6) is 0 Å². The van der Waals surface area contributed by atoms with Gasteiger partial charge in [-0.1, -0.05) is 30.3 Å². The molecule has 0 aliphatic heterocycles. The number of nitrogens with zero attached hydrogens (tertiary/aromatic N) is 1. The van der Waals surface area contributed by atoms with Gasteiger partial charge in [0.1, 0.15) is 5.69 Å². The van der Waals surface area contributed by atoms with Gasteiger partial charge in [0.15, 0.2) is 5.78 Å². The maximum absolute atomic E-state index is 11.4. The van der Waals surface area contributed by atoms with Crippen LogP contribution in [0, 0.1) is 0 Å². The van der Waals surface area contributed by atoms with Crippen LogP contribution in [0.2, 0.25) is 5.02 Å². The van der Waals surface area contributed by atoms with Crippen LogP contribution in [-0.4, -0.2) is 10.8 Å². The number of rotatable bonds is 4. The van der Waals surface area contributed by atoms with E-state index >= 15 is 0 Å². The van der Waals surface area contributed by atoms with Crippen molar-refractivity contribution in [3.8, 4) is 0 Å². The van der Waals surface area contributed by atoms with E-state index in [1.807, 2.05) is 37.3 Å². The Morgan fingerprint density at radius 2 is 1.83 bits per heavy atom. The first kappa shape index (κ1) is 13.1. The van der Waals surface area contributed by atoms with E-state index in [0.717, 1.165) is 14.8 Å². The number of hydrogen-bond acceptors (Lipinski definition) is 3. The summed E-state index contributed by atoms with van der Waals surface area (Å²) in [7, 11) is 0. The largest absolute Gasteiger partial charge is 0.292 e. The Bertz CT molecular complexity index is 537. The molecule has 2 aromatic rings. The van der Waals surface area contributed by atoms with Gasteiger partial charge in [-0.05, 0) is 36.4 Å². The molecule has 0 unspecified atom stereocenters. The topological polar surface area (TPSA) is 30.0 Å². The molecule has 0 radical (unpaired) electrons. The fraction of sp³-hybridized carbons (Fsp3) is 0.143. The van der Waals surface area contributed by atoms with Gasteiger partial charge in [-0.2, -0.15) is 0 Å². The van der Waals surface area contributed by atoms with Crippen molar-refractivity contribution >= 4 is 29.1 Å². The van der Waals surface area contributed by atoms with Crippen molar-refractivity contribution < 1.29 is 4.79 Å². The number of benzene rings is 1. The van der Waals surface area contributed by atoms with Crippen molar-refractivity contribution in [3.63, 3.8) is 0 Å². The lowest BCUT2D eigenvalue weighted by molar-refractivity contribution is 0.0983. The van der Waals surface area contributed by atoms with Crippen molar-refractivity contribution in [3.05, 3.63) is 53.3 Å². The number of aromatic nitrogens is 1. The number of carbonyl (C=O) groups is 1. The zero-order valence-corrected chi connectivity index (χ0v) is 11.5. The first-order valence-electron chi connectivity index (χ1n) is 5.61. The van der Waals surface area contributed by atoms with Crippen molar-refractivity contribution in [2.45, 2.75) is 23.1 Å². The lowest BCUT2D eigenvalue weighted by atomic mass is 10.2. The van der Waals surface area contributed by atoms with Gasteiger partial charge in [-0.25, -0.2) is 0 Å². The van der Waals surface area contributed by atoms with Crippen LogP contribution in [0.25, 0.3) is 0 Å². The zero-order valence-electron chi connectivity index (χ0n) is 9.89. The molecule has 0 aliphatic carbocycles. The quantitative estimate of drug-likeness (QED) is 0.772. The molecule has 0 N–H and O–H groups in total. The first-order chi connectivity index (χ1) is 8.69. The summed E-state index contributed by atoms with van der Waals surface area (Å²) in [4.78, 5) is 17.7. The van der Waals surface area contributed by atoms with E-state index in [0.29, 0.717) is 12.1 Å². The highest BCUT2D eigenvalue weighted by Gasteiger charge is 2.04. The van der Waals surface area contributed by atoms with Crippen molar-refractivity contribution in [2.75, 3.05) is 0 Å². The van der Waals surface area contributed by atoms with Crippen molar-refractivity contribution in [1.29, 1.82) is 0 Å². The summed E-state index contributed by atoms with van der Waals surface area (Å²) in [6, 6.07) is 11.3. The highest BCUT2D eigenvalue weighted by atomic mass is 35.5. The summed E-state index contributed by atoms with van der Waals surface area (Å²) >= 11 is 7.42. The number of carbonyl (C=O) groups excluding carboxylic acids is 1. The molecule has 0 fully saturated rings. The third-order valence-electron chi connectivity index (χ3n) is 2.39. The van der Waals surface area contributed by atoms with Crippen molar-refractivity contribution in [1.82, 2.24) is 4.98 Å². The molecule has 1 aromatic carbocycles. The second kappa shape index (κ2) is 6.03. The third-order valence-corrected chi connectivity index (χ3v) is 3.63. The number of ketones is 1. The highest BCUT2D eigenvalue weighted by Crippen LogP contribution is 2.28. The number of Topliss-reactive ketones (excluding diaryl/α,β-unsaturated/α-hetero) is 1. The summed E-state index contributed by atoms with van der Waals surface area (Å²) in [5.41, 5.74) is 0.526. The number of halogens is 1. The van der Waals surface area contributed by atoms with E-state index in [9.17, 15) is 4.79 Å². The summed E-state index contributed by atoms with van der Waals surface area (Å²) < 4.78 is 0. The van der Waals surface area contributed by atoms with E-state index in [1.165, 1.54) is 0 Å². The molecular weight excluding hydrogens is 266 g/mol. The van der Waals surface area contributed by atoms with E-state index < -0.39 is 0 Å². The van der Waals surface area contributed by atoms with Crippen LogP contribution in [0.4, 0.5) is 0 Å². The summed E-state index contributed by atoms with van der Waals surface area (Å²) in [6.07, 6.45) is 2.21. The minimum Gasteiger partial charge on any atom is -0.292 e. The van der Waals surface area contributed by atoms with Gasteiger partial charge in [-0.3, -0.25) is 9.78 Å². The minimum atomic E-state index is 0.0676. The molecule has 2 nitrogen and oxygen atoms in total. The molecule has 18 heavy (non-hydrogen) atoms. The van der Waals surface area contributed by atoms with Crippen molar-refractivity contribution in [2.24, 2.45) is 0 Å². The maximum atomic E-state index is 11.4. The molecule has 0 spiro atoms. The molecule has 4 heteroatoms. The predicted molar refractivity (Wildman–Crippen MR) is 74.4 cm³/mol. The van der Waals surface area contributed by atoms with Crippen LogP contribution in [-0.2, 0) is 0 Å². The lowest BCUT2D eigenvalue weighted by Gasteiger charge is -2.02. The normalized spacial score (nSPS) is 10.3. The Labute approximate surface area is 115 Å². The zero-order chi connectivity index (χ0) is 13.0. The Balaban J connectivity index is 2.10. The molecule has 0 aliphatic rings. The third kappa shape index (κ3) is 3.34. The fourth-order valence-corrected chi connectivity index (χ4v) is 2.34. The van der Waals surface area contributed by atoms with Gasteiger partial charge < -0.3 is 0 Å². The first-order valence-corrected chi connectivity index (χ1v) is 6.81. The minimum absolute atomic E-state index is 0.0676. The molecular formula is C14H12ClNOS. The smallest absolute Gasteiger partial charge is 0.180 e. The molecule has 1 aromatic heterocycles. The van der Waals surface area contributed by atoms with Crippen LogP contribution in [0.3, 0.4) is 0 Å². The Morgan fingerprint density at radius 3 is 2.39 bits per heavy atom. The average Bonchev–Trinajstić information content (AvgIpc) is 2.41. The second-order valence-corrected chi connectivity index (χ2v) is 5.30. The molecule has 0 saturated heterocycles. The maximum Gasteiger partial charge on any atom is 0.180 e. The molecule has 0 saturated carbocycles. The fourth-order valence-electron chi connectivity index (χ4n) is 1.43. The highest BCUT2D eigenvalue weighted by molar-refractivity contribution is 7.99. The Morgan fingerprint density at radius 1 is 1.17 bits per heavy atom. The van der Waals surface area contributed by atoms with Gasteiger partial charge in [0.05, 0.1) is 0 Å². The molecule has 2 rings (SSSR count). The lowest BCUT2D eigenvalue weighted by Crippen LogP contribution is -1.99. The van der Waals surface area contributed by atoms with Gasteiger partial charge >= 0.3 is 0 Å². The van der Waals surface area contributed by atoms with E-state index in [1.54, 1.807) is 24.0 Å². The van der Waals surface area contributed by atoms with E-state index in [2.05, 4.69) is 4.98 Å². The monoisotopic (exact) mass is 277 g/mol. The van der Waals surface area contributed by atoms with Crippen LogP contribution < -0.4 is 0 Å². The standard InChI is InChI=1S/C14H12ClNOS/c1-2-14(17)13-8-7-12(9-16-13)18-11-5-3-10(15)4-6-11/h3-9H,2H2,1H3. The Kier molecular flexibility index (Phi) is 4.39. The van der Waals surface area contributed by atoms with Gasteiger partial charge in [-0.15, -0.1) is 0 Å². The van der Waals surface area contributed by atoms with Crippen LogP contribution >= 0.6 is 23.4 Å². The average molecular weight is 278 g/mol. The summed E-state index contributed by atoms with van der Waals surface area (Å²) in [6.45, 7) is 1.83. The summed E-state index contributed by atoms with van der Waals surface area (Å²) in [5, 5.41) is 0.723. The number of pyridine rings is 1. The van der Waals surface area contributed by atoms with Crippen LogP contribution in [0.1, 0.15) is 23.8 Å². The molecule has 0 amide bonds. The molecule has 0 atom stereocenters. The van der Waals surface area contributed by atoms with Gasteiger partial charge in [0.25, 0.3) is 0 Å². The summed E-state index contributed by atoms with van der Waals surface area (Å²) in [5.74, 6) is 0.0676. The molecule has 92 valence electrons. The van der Waals surface area contributed by atoms with Gasteiger partial charge in [0, 0.05) is 27.4 Å². The predicted octanol–water partition coefficient (Wildman–Crippen LogP) is 4.48. The molecule has 0 bridgehead atoms. The second-order valence-electron chi connectivity index (χ2n) is 3.71. The van der Waals surface area contributed by atoms with E-state index in [-0.39, 0.29) is 5.78 Å². The number of hydrogen-bond donors (Lipinski definition) is 0. The Hall–Kier alpha value is -1.32. The SMILES string of the molecule is CCC(=O)c1ccc(Sc2ccc(Cl)cc2)cn1. The van der Waals surface area contributed by atoms with Crippen LogP contribution in [0.15, 0.2) is 52.4 Å². The van der Waals surface area contributed by atoms with E-state index in [4.69, 9.17) is 11.6 Å². The van der Waals surface area contributed by atoms with Gasteiger partial charge in [0.2, 0.25) is 0 Å².